The van der Waals surface area contributed by atoms with Gasteiger partial charge in [0.2, 0.25) is 0 Å². The number of hydrazone groups is 1. The molecule has 0 amide bonds. The first-order valence-electron chi connectivity index (χ1n) is 10.7. The molecule has 0 aromatic heterocycles. The van der Waals surface area contributed by atoms with Gasteiger partial charge in [-0.15, -0.1) is 0 Å². The maximum atomic E-state index is 5.94. The van der Waals surface area contributed by atoms with Gasteiger partial charge in [-0.3, -0.25) is 9.91 Å². The monoisotopic (exact) mass is 415 g/mol. The third kappa shape index (κ3) is 6.09. The number of rotatable bonds is 8. The van der Waals surface area contributed by atoms with E-state index in [9.17, 15) is 0 Å². The lowest BCUT2D eigenvalue weighted by Gasteiger charge is -2.33. The Bertz CT molecular complexity index is 968. The molecule has 160 valence electrons. The van der Waals surface area contributed by atoms with Gasteiger partial charge in [0.05, 0.1) is 13.3 Å². The molecule has 1 fully saturated rings. The molecule has 0 N–H and O–H groups in total. The van der Waals surface area contributed by atoms with E-state index in [0.29, 0.717) is 12.4 Å². The van der Waals surface area contributed by atoms with Crippen molar-refractivity contribution in [2.75, 3.05) is 33.3 Å². The maximum Gasteiger partial charge on any atom is 0.161 e. The highest BCUT2D eigenvalue weighted by molar-refractivity contribution is 5.80. The molecular weight excluding hydrogens is 386 g/mol. The quantitative estimate of drug-likeness (QED) is 0.510. The minimum atomic E-state index is 0.512. The zero-order chi connectivity index (χ0) is 21.3. The Morgan fingerprint density at radius 2 is 1.48 bits per heavy atom. The molecule has 1 heterocycles. The highest BCUT2D eigenvalue weighted by Crippen LogP contribution is 2.28. The van der Waals surface area contributed by atoms with Crippen molar-refractivity contribution in [3.63, 3.8) is 0 Å². The molecule has 3 aromatic carbocycles. The normalized spacial score (nSPS) is 14.7. The molecule has 5 heteroatoms. The van der Waals surface area contributed by atoms with E-state index in [2.05, 4.69) is 45.3 Å². The third-order valence-electron chi connectivity index (χ3n) is 5.39. The van der Waals surface area contributed by atoms with E-state index in [-0.39, 0.29) is 0 Å². The zero-order valence-electron chi connectivity index (χ0n) is 18.0. The number of methoxy groups -OCH3 is 1. The van der Waals surface area contributed by atoms with Crippen molar-refractivity contribution in [2.24, 2.45) is 5.10 Å². The summed E-state index contributed by atoms with van der Waals surface area (Å²) in [5.41, 5.74) is 3.48. The Balaban J connectivity index is 1.29. The highest BCUT2D eigenvalue weighted by Gasteiger charge is 2.15. The topological polar surface area (TPSA) is 37.3 Å². The van der Waals surface area contributed by atoms with Crippen molar-refractivity contribution in [3.8, 4) is 11.5 Å². The Morgan fingerprint density at radius 3 is 2.16 bits per heavy atom. The average Bonchev–Trinajstić information content (AvgIpc) is 2.84. The summed E-state index contributed by atoms with van der Waals surface area (Å²) in [4.78, 5) is 2.48. The molecule has 4 rings (SSSR count). The molecule has 3 aromatic rings. The molecule has 5 nitrogen and oxygen atoms in total. The zero-order valence-corrected chi connectivity index (χ0v) is 18.0. The second-order valence-electron chi connectivity index (χ2n) is 7.64. The number of nitrogens with zero attached hydrogens (tertiary/aromatic N) is 3. The van der Waals surface area contributed by atoms with Crippen LogP contribution in [-0.4, -0.2) is 49.4 Å². The summed E-state index contributed by atoms with van der Waals surface area (Å²) in [6.45, 7) is 5.40. The predicted octanol–water partition coefficient (Wildman–Crippen LogP) is 4.43. The van der Waals surface area contributed by atoms with Crippen LogP contribution in [0.25, 0.3) is 0 Å². The van der Waals surface area contributed by atoms with Crippen LogP contribution in [0.4, 0.5) is 0 Å². The average molecular weight is 416 g/mol. The lowest BCUT2D eigenvalue weighted by atomic mass is 10.2. The molecule has 0 saturated carbocycles. The predicted molar refractivity (Wildman–Crippen MR) is 125 cm³/mol. The first-order chi connectivity index (χ1) is 15.3. The molecule has 0 radical (unpaired) electrons. The van der Waals surface area contributed by atoms with E-state index >= 15 is 0 Å². The third-order valence-corrected chi connectivity index (χ3v) is 5.39. The van der Waals surface area contributed by atoms with Crippen molar-refractivity contribution in [1.29, 1.82) is 0 Å². The van der Waals surface area contributed by atoms with Gasteiger partial charge in [0.15, 0.2) is 11.5 Å². The molecular formula is C26H29N3O2. The smallest absolute Gasteiger partial charge is 0.161 e. The van der Waals surface area contributed by atoms with Crippen LogP contribution in [-0.2, 0) is 13.2 Å². The van der Waals surface area contributed by atoms with E-state index in [1.165, 1.54) is 5.56 Å². The number of hydrogen-bond acceptors (Lipinski definition) is 5. The summed E-state index contributed by atoms with van der Waals surface area (Å²) in [5.74, 6) is 1.45. The van der Waals surface area contributed by atoms with Crippen LogP contribution in [0, 0.1) is 0 Å². The fraction of sp³-hybridized carbons (Fsp3) is 0.269. The first kappa shape index (κ1) is 20.9. The summed E-state index contributed by atoms with van der Waals surface area (Å²) in [6, 6.07) is 26.7. The minimum Gasteiger partial charge on any atom is -0.493 e. The molecule has 1 saturated heterocycles. The summed E-state index contributed by atoms with van der Waals surface area (Å²) in [5, 5.41) is 6.81. The van der Waals surface area contributed by atoms with Gasteiger partial charge in [0.25, 0.3) is 0 Å². The van der Waals surface area contributed by atoms with Crippen LogP contribution in [0.15, 0.2) is 84.0 Å². The van der Waals surface area contributed by atoms with E-state index in [1.54, 1.807) is 7.11 Å². The van der Waals surface area contributed by atoms with Gasteiger partial charge in [0.1, 0.15) is 6.61 Å². The van der Waals surface area contributed by atoms with Crippen molar-refractivity contribution >= 4 is 6.21 Å². The Hall–Kier alpha value is -3.31. The standard InChI is InChI=1S/C26H29N3O2/c1-30-26-18-24(12-13-25(26)31-21-23-10-6-3-7-11-23)19-27-29-16-14-28(15-17-29)20-22-8-4-2-5-9-22/h2-13,18-19H,14-17,20-21H2,1H3/b27-19+. The molecule has 0 atom stereocenters. The first-order valence-corrected chi connectivity index (χ1v) is 10.7. The van der Waals surface area contributed by atoms with Crippen molar-refractivity contribution < 1.29 is 9.47 Å². The van der Waals surface area contributed by atoms with Crippen LogP contribution < -0.4 is 9.47 Å². The van der Waals surface area contributed by atoms with Gasteiger partial charge < -0.3 is 9.47 Å². The van der Waals surface area contributed by atoms with Crippen LogP contribution in [0.3, 0.4) is 0 Å². The van der Waals surface area contributed by atoms with E-state index in [0.717, 1.165) is 49.6 Å². The van der Waals surface area contributed by atoms with Gasteiger partial charge >= 0.3 is 0 Å². The van der Waals surface area contributed by atoms with Gasteiger partial charge in [0, 0.05) is 32.7 Å². The highest BCUT2D eigenvalue weighted by atomic mass is 16.5. The van der Waals surface area contributed by atoms with E-state index in [1.807, 2.05) is 54.7 Å². The van der Waals surface area contributed by atoms with Gasteiger partial charge in [-0.25, -0.2) is 0 Å². The van der Waals surface area contributed by atoms with E-state index < -0.39 is 0 Å². The SMILES string of the molecule is COc1cc(/C=N/N2CCN(Cc3ccccc3)CC2)ccc1OCc1ccccc1. The van der Waals surface area contributed by atoms with Crippen molar-refractivity contribution in [3.05, 3.63) is 95.6 Å². The number of hydrogen-bond donors (Lipinski definition) is 0. The fourth-order valence-electron chi connectivity index (χ4n) is 3.62. The van der Waals surface area contributed by atoms with Crippen molar-refractivity contribution in [1.82, 2.24) is 9.91 Å². The lowest BCUT2D eigenvalue weighted by Crippen LogP contribution is -2.43. The number of benzene rings is 3. The summed E-state index contributed by atoms with van der Waals surface area (Å²) in [6.07, 6.45) is 1.90. The minimum absolute atomic E-state index is 0.512. The molecule has 1 aliphatic heterocycles. The lowest BCUT2D eigenvalue weighted by molar-refractivity contribution is 0.131. The summed E-state index contributed by atoms with van der Waals surface area (Å²) >= 11 is 0. The molecule has 1 aliphatic rings. The van der Waals surface area contributed by atoms with Crippen LogP contribution in [0.5, 0.6) is 11.5 Å². The van der Waals surface area contributed by atoms with Crippen molar-refractivity contribution in [2.45, 2.75) is 13.2 Å². The largest absolute Gasteiger partial charge is 0.493 e. The Morgan fingerprint density at radius 1 is 0.806 bits per heavy atom. The van der Waals surface area contributed by atoms with Gasteiger partial charge in [-0.2, -0.15) is 5.10 Å². The second-order valence-corrected chi connectivity index (χ2v) is 7.64. The van der Waals surface area contributed by atoms with Crippen LogP contribution in [0.1, 0.15) is 16.7 Å². The fourth-order valence-corrected chi connectivity index (χ4v) is 3.62. The Labute approximate surface area is 184 Å². The van der Waals surface area contributed by atoms with Crippen LogP contribution in [0.2, 0.25) is 0 Å². The van der Waals surface area contributed by atoms with E-state index in [4.69, 9.17) is 9.47 Å². The second kappa shape index (κ2) is 10.6. The molecule has 0 spiro atoms. The van der Waals surface area contributed by atoms with Crippen LogP contribution >= 0.6 is 0 Å². The number of ether oxygens (including phenoxy) is 2. The molecule has 0 bridgehead atoms. The Kier molecular flexibility index (Phi) is 7.19. The molecule has 0 aliphatic carbocycles. The maximum absolute atomic E-state index is 5.94. The van der Waals surface area contributed by atoms with Gasteiger partial charge in [-0.05, 0) is 34.9 Å². The number of piperazine rings is 1. The summed E-state index contributed by atoms with van der Waals surface area (Å²) < 4.78 is 11.5. The summed E-state index contributed by atoms with van der Waals surface area (Å²) in [7, 11) is 1.66. The molecule has 31 heavy (non-hydrogen) atoms. The van der Waals surface area contributed by atoms with Gasteiger partial charge in [-0.1, -0.05) is 60.7 Å². The molecule has 0 unspecified atom stereocenters.